The number of rotatable bonds is 8. The number of methoxy groups -OCH3 is 1. The molecule has 1 atom stereocenters. The van der Waals surface area contributed by atoms with Crippen LogP contribution in [0.1, 0.15) is 49.9 Å². The van der Waals surface area contributed by atoms with E-state index >= 15 is 0 Å². The summed E-state index contributed by atoms with van der Waals surface area (Å²) >= 11 is 0. The van der Waals surface area contributed by atoms with Crippen LogP contribution in [0, 0.1) is 12.8 Å². The maximum absolute atomic E-state index is 5.60. The highest BCUT2D eigenvalue weighted by atomic mass is 16.5. The molecule has 1 aliphatic rings. The summed E-state index contributed by atoms with van der Waals surface area (Å²) in [4.78, 5) is 18.3. The van der Waals surface area contributed by atoms with Crippen LogP contribution in [-0.2, 0) is 11.3 Å². The van der Waals surface area contributed by atoms with Gasteiger partial charge in [0.15, 0.2) is 5.65 Å². The monoisotopic (exact) mass is 445 g/mol. The number of ether oxygens (including phenoxy) is 1. The van der Waals surface area contributed by atoms with E-state index in [2.05, 4.69) is 56.1 Å². The van der Waals surface area contributed by atoms with E-state index in [1.807, 2.05) is 26.3 Å². The van der Waals surface area contributed by atoms with Crippen molar-refractivity contribution in [3.05, 3.63) is 47.9 Å². The van der Waals surface area contributed by atoms with Crippen molar-refractivity contribution in [2.45, 2.75) is 58.0 Å². The topological polar surface area (TPSA) is 69.8 Å². The SMILES string of the molecule is COC[C@H](CC1CCCCC1)N(C)Cc1ccc2[nH]c(-c3ccnc4[nH]c(C)nc34)cc2c1. The summed E-state index contributed by atoms with van der Waals surface area (Å²) in [7, 11) is 4.07. The molecule has 6 nitrogen and oxygen atoms in total. The van der Waals surface area contributed by atoms with E-state index < -0.39 is 0 Å². The van der Waals surface area contributed by atoms with E-state index in [9.17, 15) is 0 Å². The molecule has 1 aromatic carbocycles. The van der Waals surface area contributed by atoms with Gasteiger partial charge >= 0.3 is 0 Å². The van der Waals surface area contributed by atoms with Gasteiger partial charge in [-0.2, -0.15) is 0 Å². The number of likely N-dealkylation sites (N-methyl/N-ethyl adjacent to an activating group) is 1. The Labute approximate surface area is 195 Å². The highest BCUT2D eigenvalue weighted by Gasteiger charge is 2.22. The second-order valence-corrected chi connectivity index (χ2v) is 9.75. The molecule has 1 saturated carbocycles. The van der Waals surface area contributed by atoms with Gasteiger partial charge in [-0.15, -0.1) is 0 Å². The summed E-state index contributed by atoms with van der Waals surface area (Å²) in [6.07, 6.45) is 10.0. The van der Waals surface area contributed by atoms with Crippen LogP contribution in [0.15, 0.2) is 36.5 Å². The Morgan fingerprint density at radius 1 is 1.12 bits per heavy atom. The molecule has 174 valence electrons. The molecule has 1 aliphatic carbocycles. The summed E-state index contributed by atoms with van der Waals surface area (Å²) in [6.45, 7) is 3.69. The van der Waals surface area contributed by atoms with E-state index in [4.69, 9.17) is 4.74 Å². The third-order valence-corrected chi connectivity index (χ3v) is 7.22. The van der Waals surface area contributed by atoms with Crippen molar-refractivity contribution in [3.8, 4) is 11.3 Å². The summed E-state index contributed by atoms with van der Waals surface area (Å²) in [5.74, 6) is 1.73. The fourth-order valence-electron chi connectivity index (χ4n) is 5.46. The maximum atomic E-state index is 5.60. The fraction of sp³-hybridized carbons (Fsp3) is 0.481. The van der Waals surface area contributed by atoms with Crippen LogP contribution in [0.3, 0.4) is 0 Å². The Bertz CT molecular complexity index is 1220. The summed E-state index contributed by atoms with van der Waals surface area (Å²) in [5, 5.41) is 1.23. The van der Waals surface area contributed by atoms with Crippen LogP contribution in [0.5, 0.6) is 0 Å². The number of benzene rings is 1. The summed E-state index contributed by atoms with van der Waals surface area (Å²) < 4.78 is 5.60. The molecule has 5 rings (SSSR count). The molecule has 0 unspecified atom stereocenters. The first kappa shape index (κ1) is 22.1. The molecule has 6 heteroatoms. The Kier molecular flexibility index (Phi) is 6.47. The normalized spacial score (nSPS) is 16.2. The van der Waals surface area contributed by atoms with Crippen molar-refractivity contribution in [3.63, 3.8) is 0 Å². The smallest absolute Gasteiger partial charge is 0.158 e. The zero-order valence-corrected chi connectivity index (χ0v) is 20.0. The van der Waals surface area contributed by atoms with E-state index in [-0.39, 0.29) is 0 Å². The Morgan fingerprint density at radius 2 is 1.97 bits per heavy atom. The molecular weight excluding hydrogens is 410 g/mol. The van der Waals surface area contributed by atoms with Gasteiger partial charge in [-0.05, 0) is 56.1 Å². The molecule has 2 N–H and O–H groups in total. The van der Waals surface area contributed by atoms with Crippen LogP contribution in [0.25, 0.3) is 33.3 Å². The largest absolute Gasteiger partial charge is 0.383 e. The second-order valence-electron chi connectivity index (χ2n) is 9.75. The number of pyridine rings is 1. The van der Waals surface area contributed by atoms with Crippen molar-refractivity contribution in [1.29, 1.82) is 0 Å². The fourth-order valence-corrected chi connectivity index (χ4v) is 5.46. The minimum absolute atomic E-state index is 0.462. The number of aromatic nitrogens is 4. The van der Waals surface area contributed by atoms with Crippen molar-refractivity contribution in [2.75, 3.05) is 20.8 Å². The third kappa shape index (κ3) is 4.82. The number of hydrogen-bond acceptors (Lipinski definition) is 4. The molecule has 4 aromatic rings. The van der Waals surface area contributed by atoms with Gasteiger partial charge in [0.1, 0.15) is 11.3 Å². The third-order valence-electron chi connectivity index (χ3n) is 7.22. The lowest BCUT2D eigenvalue weighted by molar-refractivity contribution is 0.0818. The lowest BCUT2D eigenvalue weighted by Crippen LogP contribution is -2.37. The Balaban J connectivity index is 1.35. The molecule has 0 aliphatic heterocycles. The molecule has 0 radical (unpaired) electrons. The average Bonchev–Trinajstić information content (AvgIpc) is 3.41. The number of H-pyrrole nitrogens is 2. The van der Waals surface area contributed by atoms with Gasteiger partial charge in [0, 0.05) is 48.1 Å². The molecule has 33 heavy (non-hydrogen) atoms. The number of aryl methyl sites for hydroxylation is 1. The number of fused-ring (bicyclic) bond motifs is 2. The van der Waals surface area contributed by atoms with Crippen LogP contribution in [-0.4, -0.2) is 51.6 Å². The molecule has 3 aromatic heterocycles. The molecule has 3 heterocycles. The van der Waals surface area contributed by atoms with Crippen LogP contribution in [0.4, 0.5) is 0 Å². The van der Waals surface area contributed by atoms with Crippen molar-refractivity contribution >= 4 is 22.1 Å². The number of hydrogen-bond donors (Lipinski definition) is 2. The summed E-state index contributed by atoms with van der Waals surface area (Å²) in [5.41, 5.74) is 6.36. The molecule has 1 fully saturated rings. The molecule has 0 amide bonds. The van der Waals surface area contributed by atoms with Crippen molar-refractivity contribution < 1.29 is 4.74 Å². The minimum atomic E-state index is 0.462. The molecule has 0 bridgehead atoms. The molecular formula is C27H35N5O. The van der Waals surface area contributed by atoms with Crippen molar-refractivity contribution in [1.82, 2.24) is 24.8 Å². The standard InChI is InChI=1S/C27H35N5O/c1-18-29-26-23(11-12-28-27(26)30-18)25-15-21-13-20(9-10-24(21)31-25)16-32(2)22(17-33-3)14-19-7-5-4-6-8-19/h9-13,15,19,22,31H,4-8,14,16-17H2,1-3H3,(H,28,29,30)/t22-/m0/s1. The minimum Gasteiger partial charge on any atom is -0.383 e. The highest BCUT2D eigenvalue weighted by molar-refractivity contribution is 5.94. The first-order valence-electron chi connectivity index (χ1n) is 12.2. The van der Waals surface area contributed by atoms with Crippen LogP contribution >= 0.6 is 0 Å². The van der Waals surface area contributed by atoms with Gasteiger partial charge in [-0.25, -0.2) is 9.97 Å². The van der Waals surface area contributed by atoms with Gasteiger partial charge in [-0.1, -0.05) is 38.2 Å². The highest BCUT2D eigenvalue weighted by Crippen LogP contribution is 2.31. The van der Waals surface area contributed by atoms with E-state index in [1.165, 1.54) is 49.5 Å². The maximum Gasteiger partial charge on any atom is 0.158 e. The Morgan fingerprint density at radius 3 is 2.79 bits per heavy atom. The first-order valence-corrected chi connectivity index (χ1v) is 12.2. The molecule has 0 saturated heterocycles. The predicted octanol–water partition coefficient (Wildman–Crippen LogP) is 5.83. The number of nitrogens with zero attached hydrogens (tertiary/aromatic N) is 3. The number of imidazole rings is 1. The summed E-state index contributed by atoms with van der Waals surface area (Å²) in [6, 6.07) is 11.5. The quantitative estimate of drug-likeness (QED) is 0.358. The number of nitrogens with one attached hydrogen (secondary N) is 2. The Hall–Kier alpha value is -2.70. The van der Waals surface area contributed by atoms with E-state index in [0.29, 0.717) is 6.04 Å². The number of aromatic amines is 2. The van der Waals surface area contributed by atoms with Gasteiger partial charge in [0.2, 0.25) is 0 Å². The lowest BCUT2D eigenvalue weighted by Gasteiger charge is -2.32. The zero-order chi connectivity index (χ0) is 22.8. The van der Waals surface area contributed by atoms with E-state index in [1.54, 1.807) is 0 Å². The average molecular weight is 446 g/mol. The van der Waals surface area contributed by atoms with Crippen molar-refractivity contribution in [2.24, 2.45) is 5.92 Å². The van der Waals surface area contributed by atoms with E-state index in [0.717, 1.165) is 52.8 Å². The first-order chi connectivity index (χ1) is 16.1. The van der Waals surface area contributed by atoms with Crippen LogP contribution in [0.2, 0.25) is 0 Å². The van der Waals surface area contributed by atoms with Gasteiger partial charge in [0.05, 0.1) is 6.61 Å². The predicted molar refractivity (Wildman–Crippen MR) is 134 cm³/mol. The van der Waals surface area contributed by atoms with Crippen LogP contribution < -0.4 is 0 Å². The molecule has 0 spiro atoms. The van der Waals surface area contributed by atoms with Gasteiger partial charge < -0.3 is 14.7 Å². The zero-order valence-electron chi connectivity index (χ0n) is 20.0. The second kappa shape index (κ2) is 9.65. The lowest BCUT2D eigenvalue weighted by atomic mass is 9.84. The van der Waals surface area contributed by atoms with Gasteiger partial charge in [-0.3, -0.25) is 4.90 Å². The van der Waals surface area contributed by atoms with Gasteiger partial charge in [0.25, 0.3) is 0 Å².